The van der Waals surface area contributed by atoms with Gasteiger partial charge in [0.05, 0.1) is 23.3 Å². The van der Waals surface area contributed by atoms with Gasteiger partial charge in [-0.15, -0.1) is 29.9 Å². The van der Waals surface area contributed by atoms with Crippen LogP contribution in [0, 0.1) is 0 Å². The fourth-order valence-corrected chi connectivity index (χ4v) is 3.30. The van der Waals surface area contributed by atoms with Gasteiger partial charge >= 0.3 is 0 Å². The van der Waals surface area contributed by atoms with Crippen LogP contribution in [0.2, 0.25) is 0 Å². The Morgan fingerprint density at radius 2 is 2.00 bits per heavy atom. The molecular weight excluding hydrogens is 401 g/mol. The number of piperidine rings is 1. The van der Waals surface area contributed by atoms with Crippen molar-refractivity contribution in [2.45, 2.75) is 31.7 Å². The van der Waals surface area contributed by atoms with Gasteiger partial charge in [0.1, 0.15) is 5.82 Å². The molecule has 0 aliphatic carbocycles. The van der Waals surface area contributed by atoms with Crippen LogP contribution in [0.15, 0.2) is 30.5 Å². The van der Waals surface area contributed by atoms with Crippen LogP contribution in [0.25, 0.3) is 11.0 Å². The molecule has 0 radical (unpaired) electrons. The van der Waals surface area contributed by atoms with Crippen molar-refractivity contribution in [2.24, 2.45) is 0 Å². The summed E-state index contributed by atoms with van der Waals surface area (Å²) in [5.74, 6) is 0.770. The lowest BCUT2D eigenvalue weighted by Crippen LogP contribution is -2.29. The van der Waals surface area contributed by atoms with Crippen LogP contribution in [0.4, 0.5) is 0 Å². The van der Waals surface area contributed by atoms with Crippen molar-refractivity contribution >= 4 is 41.8 Å². The summed E-state index contributed by atoms with van der Waals surface area (Å²) in [5.41, 5.74) is 2.40. The van der Waals surface area contributed by atoms with Gasteiger partial charge in [0.2, 0.25) is 0 Å². The molecule has 1 saturated heterocycles. The zero-order valence-corrected chi connectivity index (χ0v) is 17.1. The Labute approximate surface area is 175 Å². The number of halogens is 2. The number of carbonyl (C=O) groups excluding carboxylic acids is 1. The third kappa shape index (κ3) is 5.21. The number of nitrogens with zero attached hydrogens (tertiary/aromatic N) is 4. The first kappa shape index (κ1) is 22.1. The predicted octanol–water partition coefficient (Wildman–Crippen LogP) is 2.29. The molecule has 1 amide bonds. The maximum Gasteiger partial charge on any atom is 0.273 e. The van der Waals surface area contributed by atoms with E-state index in [-0.39, 0.29) is 30.7 Å². The van der Waals surface area contributed by atoms with Crippen molar-refractivity contribution in [2.75, 3.05) is 19.6 Å². The van der Waals surface area contributed by atoms with Crippen LogP contribution in [0.3, 0.4) is 0 Å². The van der Waals surface area contributed by atoms with Gasteiger partial charge in [-0.2, -0.15) is 0 Å². The van der Waals surface area contributed by atoms with Gasteiger partial charge in [0.15, 0.2) is 5.69 Å². The number of carbonyl (C=O) groups is 1. The highest BCUT2D eigenvalue weighted by atomic mass is 35.5. The maximum atomic E-state index is 12.2. The highest BCUT2D eigenvalue weighted by Gasteiger charge is 2.18. The highest BCUT2D eigenvalue weighted by molar-refractivity contribution is 5.91. The molecular formula is C18H25Cl2N7O. The Morgan fingerprint density at radius 3 is 2.79 bits per heavy atom. The number of para-hydroxylation sites is 2. The van der Waals surface area contributed by atoms with E-state index in [1.54, 1.807) is 6.20 Å². The standard InChI is InChI=1S/C18H23N7O.2ClH/c26-18(16-12-25(24-23-16)13-7-10-19-11-8-13)20-9-3-6-17-21-14-4-1-2-5-15(14)22-17;;/h1-2,4-5,12-13,19H,3,6-11H2,(H,20,26)(H,21,22);2*1H. The van der Waals surface area contributed by atoms with Gasteiger partial charge in [0, 0.05) is 13.0 Å². The number of hydrogen-bond donors (Lipinski definition) is 3. The highest BCUT2D eigenvalue weighted by Crippen LogP contribution is 2.17. The Bertz CT molecular complexity index is 856. The number of fused-ring (bicyclic) bond motifs is 1. The summed E-state index contributed by atoms with van der Waals surface area (Å²) in [6, 6.07) is 8.30. The summed E-state index contributed by atoms with van der Waals surface area (Å²) >= 11 is 0. The predicted molar refractivity (Wildman–Crippen MR) is 112 cm³/mol. The van der Waals surface area contributed by atoms with E-state index in [0.29, 0.717) is 18.3 Å². The molecule has 10 heteroatoms. The summed E-state index contributed by atoms with van der Waals surface area (Å²) in [6.07, 6.45) is 5.39. The molecule has 4 rings (SSSR count). The second kappa shape index (κ2) is 10.4. The van der Waals surface area contributed by atoms with E-state index in [4.69, 9.17) is 0 Å². The molecule has 152 valence electrons. The average molecular weight is 426 g/mol. The zero-order chi connectivity index (χ0) is 17.8. The maximum absolute atomic E-state index is 12.2. The van der Waals surface area contributed by atoms with Gasteiger partial charge in [-0.3, -0.25) is 4.79 Å². The van der Waals surface area contributed by atoms with Crippen molar-refractivity contribution in [1.82, 2.24) is 35.6 Å². The number of hydrogen-bond acceptors (Lipinski definition) is 5. The van der Waals surface area contributed by atoms with E-state index >= 15 is 0 Å². The lowest BCUT2D eigenvalue weighted by Gasteiger charge is -2.22. The molecule has 1 aromatic carbocycles. The van der Waals surface area contributed by atoms with Gasteiger partial charge < -0.3 is 15.6 Å². The van der Waals surface area contributed by atoms with Crippen molar-refractivity contribution in [3.63, 3.8) is 0 Å². The first-order valence-corrected chi connectivity index (χ1v) is 9.14. The van der Waals surface area contributed by atoms with Gasteiger partial charge in [-0.05, 0) is 44.5 Å². The number of aromatic nitrogens is 5. The first-order chi connectivity index (χ1) is 12.8. The SMILES string of the molecule is Cl.Cl.O=C(NCCCc1nc2ccccc2[nH]1)c1cn(C2CCNCC2)nn1. The molecule has 0 saturated carbocycles. The van der Waals surface area contributed by atoms with Gasteiger partial charge in [-0.25, -0.2) is 9.67 Å². The summed E-state index contributed by atoms with van der Waals surface area (Å²) < 4.78 is 1.82. The van der Waals surface area contributed by atoms with Crippen molar-refractivity contribution in [3.05, 3.63) is 42.0 Å². The Hall–Kier alpha value is -2.16. The molecule has 0 spiro atoms. The smallest absolute Gasteiger partial charge is 0.273 e. The fraction of sp³-hybridized carbons (Fsp3) is 0.444. The van der Waals surface area contributed by atoms with E-state index in [2.05, 4.69) is 30.9 Å². The van der Waals surface area contributed by atoms with E-state index < -0.39 is 0 Å². The number of H-pyrrole nitrogens is 1. The summed E-state index contributed by atoms with van der Waals surface area (Å²) in [6.45, 7) is 2.54. The summed E-state index contributed by atoms with van der Waals surface area (Å²) in [7, 11) is 0. The molecule has 3 N–H and O–H groups in total. The van der Waals surface area contributed by atoms with Gasteiger partial charge in [-0.1, -0.05) is 17.3 Å². The van der Waals surface area contributed by atoms with Crippen LogP contribution in [-0.4, -0.2) is 50.5 Å². The second-order valence-electron chi connectivity index (χ2n) is 6.63. The minimum atomic E-state index is -0.171. The normalized spacial score (nSPS) is 14.3. The third-order valence-corrected chi connectivity index (χ3v) is 4.74. The first-order valence-electron chi connectivity index (χ1n) is 9.14. The monoisotopic (exact) mass is 425 g/mol. The van der Waals surface area contributed by atoms with E-state index in [1.165, 1.54) is 0 Å². The Morgan fingerprint density at radius 1 is 1.21 bits per heavy atom. The number of amides is 1. The van der Waals surface area contributed by atoms with Crippen LogP contribution < -0.4 is 10.6 Å². The molecule has 3 aromatic rings. The molecule has 1 fully saturated rings. The minimum Gasteiger partial charge on any atom is -0.351 e. The second-order valence-corrected chi connectivity index (χ2v) is 6.63. The Kier molecular flexibility index (Phi) is 8.22. The third-order valence-electron chi connectivity index (χ3n) is 4.74. The zero-order valence-electron chi connectivity index (χ0n) is 15.4. The number of rotatable bonds is 6. The van der Waals surface area contributed by atoms with Crippen molar-refractivity contribution in [1.29, 1.82) is 0 Å². The van der Waals surface area contributed by atoms with E-state index in [1.807, 2.05) is 28.9 Å². The number of benzene rings is 1. The largest absolute Gasteiger partial charge is 0.351 e. The molecule has 0 unspecified atom stereocenters. The lowest BCUT2D eigenvalue weighted by molar-refractivity contribution is 0.0948. The number of aromatic amines is 1. The molecule has 2 aromatic heterocycles. The van der Waals surface area contributed by atoms with Crippen LogP contribution >= 0.6 is 24.8 Å². The van der Waals surface area contributed by atoms with Crippen LogP contribution in [0.1, 0.15) is 41.6 Å². The number of imidazole rings is 1. The molecule has 0 atom stereocenters. The van der Waals surface area contributed by atoms with Crippen molar-refractivity contribution in [3.8, 4) is 0 Å². The summed E-state index contributed by atoms with van der Waals surface area (Å²) in [4.78, 5) is 20.1. The topological polar surface area (TPSA) is 101 Å². The van der Waals surface area contributed by atoms with Crippen LogP contribution in [0.5, 0.6) is 0 Å². The molecule has 0 bridgehead atoms. The molecule has 8 nitrogen and oxygen atoms in total. The van der Waals surface area contributed by atoms with Crippen LogP contribution in [-0.2, 0) is 6.42 Å². The minimum absolute atomic E-state index is 0. The quantitative estimate of drug-likeness (QED) is 0.525. The van der Waals surface area contributed by atoms with E-state index in [9.17, 15) is 4.79 Å². The Balaban J connectivity index is 0.00000140. The van der Waals surface area contributed by atoms with Crippen molar-refractivity contribution < 1.29 is 4.79 Å². The van der Waals surface area contributed by atoms with E-state index in [0.717, 1.165) is 55.6 Å². The van der Waals surface area contributed by atoms with Gasteiger partial charge in [0.25, 0.3) is 5.91 Å². The summed E-state index contributed by atoms with van der Waals surface area (Å²) in [5, 5.41) is 14.4. The molecule has 1 aliphatic heterocycles. The average Bonchev–Trinajstić information content (AvgIpc) is 3.32. The fourth-order valence-electron chi connectivity index (χ4n) is 3.30. The number of nitrogens with one attached hydrogen (secondary N) is 3. The number of aryl methyl sites for hydroxylation is 1. The molecule has 1 aliphatic rings. The molecule has 28 heavy (non-hydrogen) atoms. The molecule has 3 heterocycles. The lowest BCUT2D eigenvalue weighted by atomic mass is 10.1.